The summed E-state index contributed by atoms with van der Waals surface area (Å²) in [6.45, 7) is 1.89. The lowest BCUT2D eigenvalue weighted by molar-refractivity contribution is 0.102. The summed E-state index contributed by atoms with van der Waals surface area (Å²) in [5.41, 5.74) is 4.48. The number of benzene rings is 4. The Morgan fingerprint density at radius 1 is 0.829 bits per heavy atom. The summed E-state index contributed by atoms with van der Waals surface area (Å²) in [6.07, 6.45) is 0. The Labute approximate surface area is 202 Å². The topological polar surface area (TPSA) is 101 Å². The van der Waals surface area contributed by atoms with Crippen molar-refractivity contribution in [1.82, 2.24) is 4.98 Å². The average molecular weight is 484 g/mol. The Bertz CT molecular complexity index is 1590. The number of hydrogen-bond donors (Lipinski definition) is 2. The van der Waals surface area contributed by atoms with Gasteiger partial charge in [0.25, 0.3) is 15.9 Å². The van der Waals surface area contributed by atoms with Crippen LogP contribution in [0.25, 0.3) is 22.6 Å². The maximum atomic E-state index is 12.8. The Hall–Kier alpha value is -4.43. The van der Waals surface area contributed by atoms with E-state index in [-0.39, 0.29) is 10.8 Å². The number of anilines is 2. The highest BCUT2D eigenvalue weighted by Crippen LogP contribution is 2.26. The summed E-state index contributed by atoms with van der Waals surface area (Å²) in [5, 5.41) is 2.85. The molecule has 0 unspecified atom stereocenters. The van der Waals surface area contributed by atoms with Gasteiger partial charge in [0.2, 0.25) is 5.89 Å². The number of carbonyl (C=O) groups excluding carboxylic acids is 1. The smallest absolute Gasteiger partial charge is 0.261 e. The molecular formula is C27H21N3O4S. The summed E-state index contributed by atoms with van der Waals surface area (Å²) in [6, 6.07) is 27.5. The van der Waals surface area contributed by atoms with E-state index in [1.807, 2.05) is 43.3 Å². The van der Waals surface area contributed by atoms with Gasteiger partial charge < -0.3 is 9.73 Å². The average Bonchev–Trinajstić information content (AvgIpc) is 3.29. The number of aryl methyl sites for hydroxylation is 1. The zero-order chi connectivity index (χ0) is 24.4. The lowest BCUT2D eigenvalue weighted by Crippen LogP contribution is -2.14. The Morgan fingerprint density at radius 2 is 1.57 bits per heavy atom. The molecule has 0 bridgehead atoms. The molecule has 8 heteroatoms. The SMILES string of the molecule is Cc1ccc(S(=O)(=O)Nc2ccc(C(=O)Nc3cccc(-c4nc5ccccc5o4)c3)cc2)cc1. The zero-order valence-corrected chi connectivity index (χ0v) is 19.5. The van der Waals surface area contributed by atoms with Gasteiger partial charge in [-0.1, -0.05) is 35.9 Å². The van der Waals surface area contributed by atoms with Crippen LogP contribution in [0.5, 0.6) is 0 Å². The third-order valence-electron chi connectivity index (χ3n) is 5.39. The molecule has 0 saturated carbocycles. The molecule has 2 N–H and O–H groups in total. The van der Waals surface area contributed by atoms with Crippen LogP contribution in [0, 0.1) is 6.92 Å². The lowest BCUT2D eigenvalue weighted by atomic mass is 10.1. The number of para-hydroxylation sites is 2. The number of amides is 1. The van der Waals surface area contributed by atoms with Crippen LogP contribution in [0.2, 0.25) is 0 Å². The van der Waals surface area contributed by atoms with E-state index in [0.29, 0.717) is 28.4 Å². The van der Waals surface area contributed by atoms with E-state index < -0.39 is 10.0 Å². The number of rotatable bonds is 6. The Morgan fingerprint density at radius 3 is 2.31 bits per heavy atom. The molecule has 0 atom stereocenters. The highest BCUT2D eigenvalue weighted by Gasteiger charge is 2.15. The molecule has 174 valence electrons. The summed E-state index contributed by atoms with van der Waals surface area (Å²) in [7, 11) is -3.72. The Kier molecular flexibility index (Phi) is 5.80. The van der Waals surface area contributed by atoms with E-state index in [9.17, 15) is 13.2 Å². The normalized spacial score (nSPS) is 11.3. The van der Waals surface area contributed by atoms with Crippen molar-refractivity contribution < 1.29 is 17.6 Å². The van der Waals surface area contributed by atoms with Crippen LogP contribution in [0.3, 0.4) is 0 Å². The van der Waals surface area contributed by atoms with E-state index in [2.05, 4.69) is 15.0 Å². The first-order chi connectivity index (χ1) is 16.9. The maximum Gasteiger partial charge on any atom is 0.261 e. The molecule has 0 radical (unpaired) electrons. The van der Waals surface area contributed by atoms with Gasteiger partial charge in [-0.05, 0) is 73.7 Å². The molecule has 1 amide bonds. The minimum absolute atomic E-state index is 0.170. The summed E-state index contributed by atoms with van der Waals surface area (Å²) >= 11 is 0. The van der Waals surface area contributed by atoms with E-state index >= 15 is 0 Å². The molecule has 4 aromatic carbocycles. The fourth-order valence-corrected chi connectivity index (χ4v) is 4.61. The first-order valence-corrected chi connectivity index (χ1v) is 12.3. The second-order valence-electron chi connectivity index (χ2n) is 8.02. The first-order valence-electron chi connectivity index (χ1n) is 10.8. The second kappa shape index (κ2) is 9.08. The minimum atomic E-state index is -3.72. The van der Waals surface area contributed by atoms with Crippen molar-refractivity contribution in [2.75, 3.05) is 10.0 Å². The highest BCUT2D eigenvalue weighted by atomic mass is 32.2. The van der Waals surface area contributed by atoms with Crippen LogP contribution in [0.4, 0.5) is 11.4 Å². The molecule has 0 aliphatic rings. The molecule has 5 aromatic rings. The molecule has 0 fully saturated rings. The van der Waals surface area contributed by atoms with Crippen LogP contribution in [-0.2, 0) is 10.0 Å². The second-order valence-corrected chi connectivity index (χ2v) is 9.70. The van der Waals surface area contributed by atoms with E-state index in [0.717, 1.165) is 16.6 Å². The lowest BCUT2D eigenvalue weighted by Gasteiger charge is -2.10. The van der Waals surface area contributed by atoms with Gasteiger partial charge >= 0.3 is 0 Å². The summed E-state index contributed by atoms with van der Waals surface area (Å²) in [5.74, 6) is 0.139. The monoisotopic (exact) mass is 483 g/mol. The summed E-state index contributed by atoms with van der Waals surface area (Å²) < 4.78 is 33.5. The first kappa shape index (κ1) is 22.4. The summed E-state index contributed by atoms with van der Waals surface area (Å²) in [4.78, 5) is 17.4. The predicted octanol–water partition coefficient (Wildman–Crippen LogP) is 5.86. The van der Waals surface area contributed by atoms with Crippen LogP contribution in [0.15, 0.2) is 106 Å². The van der Waals surface area contributed by atoms with Gasteiger partial charge in [0.1, 0.15) is 5.52 Å². The number of sulfonamides is 1. The van der Waals surface area contributed by atoms with Crippen LogP contribution >= 0.6 is 0 Å². The predicted molar refractivity (Wildman–Crippen MR) is 136 cm³/mol. The quantitative estimate of drug-likeness (QED) is 0.315. The zero-order valence-electron chi connectivity index (χ0n) is 18.7. The minimum Gasteiger partial charge on any atom is -0.436 e. The van der Waals surface area contributed by atoms with Crippen molar-refractivity contribution in [2.24, 2.45) is 0 Å². The third kappa shape index (κ3) is 4.92. The Balaban J connectivity index is 1.29. The molecule has 0 spiro atoms. The molecule has 5 rings (SSSR count). The molecular weight excluding hydrogens is 462 g/mol. The molecule has 35 heavy (non-hydrogen) atoms. The number of aromatic nitrogens is 1. The van der Waals surface area contributed by atoms with Crippen molar-refractivity contribution in [3.05, 3.63) is 108 Å². The van der Waals surface area contributed by atoms with Crippen LogP contribution in [0.1, 0.15) is 15.9 Å². The molecule has 0 aliphatic carbocycles. The van der Waals surface area contributed by atoms with Gasteiger partial charge in [-0.15, -0.1) is 0 Å². The van der Waals surface area contributed by atoms with Gasteiger partial charge in [0, 0.05) is 22.5 Å². The number of nitrogens with one attached hydrogen (secondary N) is 2. The maximum absolute atomic E-state index is 12.8. The van der Waals surface area contributed by atoms with Crippen molar-refractivity contribution in [3.8, 4) is 11.5 Å². The molecule has 7 nitrogen and oxygen atoms in total. The van der Waals surface area contributed by atoms with Crippen LogP contribution in [-0.4, -0.2) is 19.3 Å². The van der Waals surface area contributed by atoms with Crippen molar-refractivity contribution in [3.63, 3.8) is 0 Å². The van der Waals surface area contributed by atoms with E-state index in [4.69, 9.17) is 4.42 Å². The van der Waals surface area contributed by atoms with Crippen molar-refractivity contribution >= 4 is 38.4 Å². The van der Waals surface area contributed by atoms with Gasteiger partial charge in [-0.3, -0.25) is 9.52 Å². The number of fused-ring (bicyclic) bond motifs is 1. The van der Waals surface area contributed by atoms with Gasteiger partial charge in [-0.2, -0.15) is 0 Å². The van der Waals surface area contributed by atoms with Gasteiger partial charge in [-0.25, -0.2) is 13.4 Å². The van der Waals surface area contributed by atoms with Gasteiger partial charge in [0.05, 0.1) is 4.90 Å². The largest absolute Gasteiger partial charge is 0.436 e. The van der Waals surface area contributed by atoms with Crippen molar-refractivity contribution in [2.45, 2.75) is 11.8 Å². The molecule has 1 heterocycles. The number of hydrogen-bond acceptors (Lipinski definition) is 5. The van der Waals surface area contributed by atoms with Gasteiger partial charge in [0.15, 0.2) is 5.58 Å². The van der Waals surface area contributed by atoms with Crippen molar-refractivity contribution in [1.29, 1.82) is 0 Å². The highest BCUT2D eigenvalue weighted by molar-refractivity contribution is 7.92. The molecule has 1 aromatic heterocycles. The fraction of sp³-hybridized carbons (Fsp3) is 0.0370. The van der Waals surface area contributed by atoms with Crippen LogP contribution < -0.4 is 10.0 Å². The van der Waals surface area contributed by atoms with E-state index in [1.165, 1.54) is 0 Å². The number of carbonyl (C=O) groups is 1. The van der Waals surface area contributed by atoms with E-state index in [1.54, 1.807) is 60.7 Å². The third-order valence-corrected chi connectivity index (χ3v) is 6.79. The number of nitrogens with zero attached hydrogens (tertiary/aromatic N) is 1. The molecule has 0 aliphatic heterocycles. The standard InChI is InChI=1S/C27H21N3O4S/c1-18-9-15-23(16-10-18)35(32,33)30-21-13-11-19(12-14-21)26(31)28-22-6-4-5-20(17-22)27-29-24-7-2-3-8-25(24)34-27/h2-17,30H,1H3,(H,28,31). The number of oxazole rings is 1. The molecule has 0 saturated heterocycles. The fourth-order valence-electron chi connectivity index (χ4n) is 3.55.